The number of carbonyl (C=O) groups is 3. The lowest BCUT2D eigenvalue weighted by atomic mass is 10.2. The number of carboxylic acid groups (broad SMARTS) is 2. The lowest BCUT2D eigenvalue weighted by molar-refractivity contribution is -0.139. The zero-order valence-corrected chi connectivity index (χ0v) is 16.8. The molecule has 0 aromatic heterocycles. The van der Waals surface area contributed by atoms with Crippen LogP contribution in [0, 0.1) is 0 Å². The number of hydrogen-bond donors (Lipinski definition) is 2. The number of hydrogen-bond acceptors (Lipinski definition) is 6. The van der Waals surface area contributed by atoms with Crippen molar-refractivity contribution in [2.24, 2.45) is 4.99 Å². The van der Waals surface area contributed by atoms with E-state index in [4.69, 9.17) is 9.84 Å². The van der Waals surface area contributed by atoms with E-state index < -0.39 is 18.5 Å². The molecular formula is C21H18N2O6S. The van der Waals surface area contributed by atoms with Crippen molar-refractivity contribution in [3.8, 4) is 5.75 Å². The number of nitrogens with zero attached hydrogens (tertiary/aromatic N) is 2. The molecule has 1 aliphatic rings. The third-order valence-electron chi connectivity index (χ3n) is 4.10. The Kier molecular flexibility index (Phi) is 6.53. The number of carboxylic acids is 2. The van der Waals surface area contributed by atoms with Gasteiger partial charge in [-0.15, -0.1) is 0 Å². The van der Waals surface area contributed by atoms with Gasteiger partial charge in [-0.2, -0.15) is 0 Å². The van der Waals surface area contributed by atoms with Gasteiger partial charge in [-0.1, -0.05) is 24.3 Å². The number of para-hydroxylation sites is 1. The van der Waals surface area contributed by atoms with Gasteiger partial charge in [-0.3, -0.25) is 9.69 Å². The third-order valence-corrected chi connectivity index (χ3v) is 5.10. The maximum Gasteiger partial charge on any atom is 0.341 e. The lowest BCUT2D eigenvalue weighted by Gasteiger charge is -2.12. The summed E-state index contributed by atoms with van der Waals surface area (Å²) < 4.78 is 5.09. The average molecular weight is 426 g/mol. The van der Waals surface area contributed by atoms with Crippen LogP contribution in [-0.4, -0.2) is 51.3 Å². The minimum Gasteiger partial charge on any atom is -0.482 e. The van der Waals surface area contributed by atoms with Crippen LogP contribution in [0.3, 0.4) is 0 Å². The summed E-state index contributed by atoms with van der Waals surface area (Å²) in [4.78, 5) is 41.1. The molecule has 1 fully saturated rings. The molecule has 0 unspecified atom stereocenters. The van der Waals surface area contributed by atoms with E-state index in [-0.39, 0.29) is 17.2 Å². The monoisotopic (exact) mass is 426 g/mol. The zero-order chi connectivity index (χ0) is 21.7. The van der Waals surface area contributed by atoms with Gasteiger partial charge in [0.25, 0.3) is 5.91 Å². The number of aromatic carboxylic acids is 1. The highest BCUT2D eigenvalue weighted by atomic mass is 32.2. The molecule has 9 heteroatoms. The van der Waals surface area contributed by atoms with Crippen molar-refractivity contribution >= 4 is 46.5 Å². The molecule has 0 aliphatic carbocycles. The second kappa shape index (κ2) is 9.27. The molecule has 2 aromatic rings. The molecule has 1 saturated heterocycles. The van der Waals surface area contributed by atoms with Crippen molar-refractivity contribution in [1.29, 1.82) is 0 Å². The van der Waals surface area contributed by atoms with Crippen molar-refractivity contribution in [1.82, 2.24) is 4.90 Å². The van der Waals surface area contributed by atoms with E-state index in [0.29, 0.717) is 22.4 Å². The zero-order valence-electron chi connectivity index (χ0n) is 15.9. The molecule has 2 N–H and O–H groups in total. The molecule has 1 aliphatic heterocycles. The first-order chi connectivity index (χ1) is 14.4. The number of amidine groups is 1. The van der Waals surface area contributed by atoms with Gasteiger partial charge in [0.1, 0.15) is 5.75 Å². The van der Waals surface area contributed by atoms with E-state index in [1.165, 1.54) is 22.7 Å². The Labute approximate surface area is 176 Å². The fourth-order valence-electron chi connectivity index (χ4n) is 2.68. The van der Waals surface area contributed by atoms with Crippen molar-refractivity contribution in [2.75, 3.05) is 13.2 Å². The maximum atomic E-state index is 12.8. The molecule has 2 aromatic carbocycles. The van der Waals surface area contributed by atoms with Crippen molar-refractivity contribution < 1.29 is 29.3 Å². The van der Waals surface area contributed by atoms with E-state index in [1.807, 2.05) is 6.92 Å². The van der Waals surface area contributed by atoms with Gasteiger partial charge in [0, 0.05) is 6.54 Å². The molecule has 0 radical (unpaired) electrons. The molecule has 0 bridgehead atoms. The number of carbonyl (C=O) groups excluding carboxylic acids is 1. The SMILES string of the molecule is CCN1C(=O)/C(=C/c2ccc(OCC(=O)O)cc2)SC1=Nc1ccccc1C(=O)O. The standard InChI is InChI=1S/C21H18N2O6S/c1-2-23-19(26)17(11-13-7-9-14(10-8-13)29-12-18(24)25)30-21(23)22-16-6-4-3-5-15(16)20(27)28/h3-11H,2,12H2,1H3,(H,24,25)(H,27,28)/b17-11-,22-21?. The van der Waals surface area contributed by atoms with Gasteiger partial charge in [-0.25, -0.2) is 14.6 Å². The Balaban J connectivity index is 1.85. The number of ether oxygens (including phenoxy) is 1. The summed E-state index contributed by atoms with van der Waals surface area (Å²) in [5, 5.41) is 18.4. The number of likely N-dealkylation sites (N-methyl/N-ethyl adjacent to an activating group) is 1. The smallest absolute Gasteiger partial charge is 0.341 e. The predicted molar refractivity (Wildman–Crippen MR) is 113 cm³/mol. The van der Waals surface area contributed by atoms with Crippen molar-refractivity contribution in [3.05, 3.63) is 64.6 Å². The minimum absolute atomic E-state index is 0.0588. The molecule has 30 heavy (non-hydrogen) atoms. The third kappa shape index (κ3) is 4.87. The Morgan fingerprint density at radius 3 is 2.47 bits per heavy atom. The molecule has 0 saturated carbocycles. The molecule has 1 amide bonds. The first-order valence-corrected chi connectivity index (χ1v) is 9.77. The van der Waals surface area contributed by atoms with Crippen molar-refractivity contribution in [2.45, 2.75) is 6.92 Å². The number of thioether (sulfide) groups is 1. The van der Waals surface area contributed by atoms with Crippen LogP contribution in [0.25, 0.3) is 6.08 Å². The number of aliphatic imine (C=N–C) groups is 1. The van der Waals surface area contributed by atoms with E-state index in [1.54, 1.807) is 48.5 Å². The van der Waals surface area contributed by atoms with Crippen LogP contribution >= 0.6 is 11.8 Å². The summed E-state index contributed by atoms with van der Waals surface area (Å²) in [5.74, 6) is -1.97. The van der Waals surface area contributed by atoms with Crippen LogP contribution in [0.2, 0.25) is 0 Å². The van der Waals surface area contributed by atoms with E-state index in [0.717, 1.165) is 5.56 Å². The summed E-state index contributed by atoms with van der Waals surface area (Å²) >= 11 is 1.17. The van der Waals surface area contributed by atoms with Gasteiger partial charge in [-0.05, 0) is 54.6 Å². The molecule has 154 valence electrons. The second-order valence-electron chi connectivity index (χ2n) is 6.13. The summed E-state index contributed by atoms with van der Waals surface area (Å²) in [6.07, 6.45) is 1.70. The summed E-state index contributed by atoms with van der Waals surface area (Å²) in [6, 6.07) is 13.0. The predicted octanol–water partition coefficient (Wildman–Crippen LogP) is 3.47. The summed E-state index contributed by atoms with van der Waals surface area (Å²) in [7, 11) is 0. The average Bonchev–Trinajstić information content (AvgIpc) is 3.01. The number of benzene rings is 2. The Morgan fingerprint density at radius 1 is 1.13 bits per heavy atom. The van der Waals surface area contributed by atoms with Crippen LogP contribution < -0.4 is 4.74 Å². The van der Waals surface area contributed by atoms with Gasteiger partial charge < -0.3 is 14.9 Å². The topological polar surface area (TPSA) is 117 Å². The maximum absolute atomic E-state index is 12.8. The highest BCUT2D eigenvalue weighted by Gasteiger charge is 2.32. The fraction of sp³-hybridized carbons (Fsp3) is 0.143. The van der Waals surface area contributed by atoms with Crippen LogP contribution in [0.4, 0.5) is 5.69 Å². The molecule has 3 rings (SSSR count). The van der Waals surface area contributed by atoms with E-state index in [9.17, 15) is 19.5 Å². The number of amides is 1. The minimum atomic E-state index is -1.09. The van der Waals surface area contributed by atoms with Crippen LogP contribution in [0.5, 0.6) is 5.75 Å². The van der Waals surface area contributed by atoms with Crippen LogP contribution in [0.15, 0.2) is 58.4 Å². The number of aliphatic carboxylic acids is 1. The Morgan fingerprint density at radius 2 is 1.83 bits per heavy atom. The fourth-order valence-corrected chi connectivity index (χ4v) is 3.74. The molecule has 8 nitrogen and oxygen atoms in total. The van der Waals surface area contributed by atoms with Gasteiger partial charge in [0.15, 0.2) is 11.8 Å². The normalized spacial score (nSPS) is 16.3. The molecule has 1 heterocycles. The van der Waals surface area contributed by atoms with E-state index >= 15 is 0 Å². The van der Waals surface area contributed by atoms with Gasteiger partial charge in [0.05, 0.1) is 16.2 Å². The van der Waals surface area contributed by atoms with Crippen molar-refractivity contribution in [3.63, 3.8) is 0 Å². The van der Waals surface area contributed by atoms with E-state index in [2.05, 4.69) is 4.99 Å². The Hall–Kier alpha value is -3.59. The first-order valence-electron chi connectivity index (χ1n) is 8.96. The van der Waals surface area contributed by atoms with Crippen LogP contribution in [0.1, 0.15) is 22.8 Å². The quantitative estimate of drug-likeness (QED) is 0.651. The highest BCUT2D eigenvalue weighted by molar-refractivity contribution is 8.18. The Bertz CT molecular complexity index is 1050. The molecule has 0 spiro atoms. The lowest BCUT2D eigenvalue weighted by Crippen LogP contribution is -2.28. The van der Waals surface area contributed by atoms with Gasteiger partial charge >= 0.3 is 11.9 Å². The summed E-state index contributed by atoms with van der Waals surface area (Å²) in [6.45, 7) is 1.77. The second-order valence-corrected chi connectivity index (χ2v) is 7.14. The number of rotatable bonds is 7. The highest BCUT2D eigenvalue weighted by Crippen LogP contribution is 2.34. The first kappa shape index (κ1) is 21.1. The van der Waals surface area contributed by atoms with Gasteiger partial charge in [0.2, 0.25) is 0 Å². The summed E-state index contributed by atoms with van der Waals surface area (Å²) in [5.41, 5.74) is 1.07. The van der Waals surface area contributed by atoms with Crippen LogP contribution in [-0.2, 0) is 9.59 Å². The largest absolute Gasteiger partial charge is 0.482 e. The molecule has 0 atom stereocenters. The molecular weight excluding hydrogens is 408 g/mol.